The van der Waals surface area contributed by atoms with E-state index in [9.17, 15) is 20.1 Å². The van der Waals surface area contributed by atoms with E-state index < -0.39 is 41.2 Å². The Kier molecular flexibility index (Phi) is 8.48. The van der Waals surface area contributed by atoms with E-state index in [4.69, 9.17) is 18.9 Å². The number of hydrogen-bond acceptors (Lipinski definition) is 9. The van der Waals surface area contributed by atoms with E-state index in [1.54, 1.807) is 29.2 Å². The molecule has 2 aliphatic heterocycles. The number of ether oxygens (including phenoxy) is 4. The van der Waals surface area contributed by atoms with Crippen molar-refractivity contribution in [2.24, 2.45) is 11.8 Å². The van der Waals surface area contributed by atoms with Crippen molar-refractivity contribution in [3.8, 4) is 28.7 Å². The molecule has 2 bridgehead atoms. The number of carbonyl (C=O) groups excluding carboxylic acids is 2. The number of nitrogens with one attached hydrogen (secondary N) is 1. The van der Waals surface area contributed by atoms with Gasteiger partial charge in [0, 0.05) is 36.1 Å². The minimum Gasteiger partial charge on any atom is -0.504 e. The first kappa shape index (κ1) is 32.5. The molecule has 3 aliphatic rings. The average Bonchev–Trinajstić information content (AvgIpc) is 3.59. The largest absolute Gasteiger partial charge is 0.504 e. The van der Waals surface area contributed by atoms with E-state index in [-0.39, 0.29) is 40.4 Å². The molecule has 11 heteroatoms. The van der Waals surface area contributed by atoms with Crippen molar-refractivity contribution in [2.75, 3.05) is 27.9 Å². The van der Waals surface area contributed by atoms with E-state index in [1.165, 1.54) is 27.4 Å². The molecule has 1 aliphatic carbocycles. The summed E-state index contributed by atoms with van der Waals surface area (Å²) in [6.07, 6.45) is -0.492. The zero-order valence-electron chi connectivity index (χ0n) is 27.2. The Morgan fingerprint density at radius 1 is 1.04 bits per heavy atom. The third-order valence-electron chi connectivity index (χ3n) is 10.2. The van der Waals surface area contributed by atoms with Gasteiger partial charge in [-0.3, -0.25) is 9.59 Å². The lowest BCUT2D eigenvalue weighted by Gasteiger charge is -2.45. The summed E-state index contributed by atoms with van der Waals surface area (Å²) < 4.78 is 23.5. The number of nitrogens with zero attached hydrogens (tertiary/aromatic N) is 1. The molecule has 7 unspecified atom stereocenters. The van der Waals surface area contributed by atoms with Gasteiger partial charge in [-0.15, -0.1) is 0 Å². The summed E-state index contributed by atoms with van der Waals surface area (Å²) in [4.78, 5) is 29.8. The van der Waals surface area contributed by atoms with Gasteiger partial charge >= 0.3 is 0 Å². The minimum atomic E-state index is -2.26. The number of fused-ring (bicyclic) bond motifs is 4. The maximum Gasteiger partial charge on any atom is 0.231 e. The predicted octanol–water partition coefficient (Wildman–Crippen LogP) is 3.78. The van der Waals surface area contributed by atoms with Crippen LogP contribution < -0.4 is 24.3 Å². The van der Waals surface area contributed by atoms with Gasteiger partial charge in [0.05, 0.1) is 32.8 Å². The van der Waals surface area contributed by atoms with Crippen molar-refractivity contribution in [3.63, 3.8) is 0 Å². The van der Waals surface area contributed by atoms with Gasteiger partial charge in [-0.2, -0.15) is 0 Å². The standard InChI is InChI=1S/C36H42N2O9/c1-6-20(2)32(40)37-28-13-10-16-38(28)33(41)31-29(21-11-8-7-9-12-21)36(22-14-15-25(45-4)24(39)17-22)34(42)35(31,43)30-26(46-5)18-23(44-3)19-27(30)47-36/h7-9,11-12,14-15,17-20,28-29,31,34,39,42-43H,6,10,13,16H2,1-5H3,(H,37,40). The maximum absolute atomic E-state index is 15.1. The third-order valence-corrected chi connectivity index (χ3v) is 10.2. The Morgan fingerprint density at radius 2 is 1.77 bits per heavy atom. The first-order chi connectivity index (χ1) is 22.6. The van der Waals surface area contributed by atoms with Crippen LogP contribution in [-0.2, 0) is 20.8 Å². The summed E-state index contributed by atoms with van der Waals surface area (Å²) >= 11 is 0. The topological polar surface area (TPSA) is 147 Å². The number of likely N-dealkylation sites (tertiary alicyclic amines) is 1. The Balaban J connectivity index is 1.62. The minimum absolute atomic E-state index is 0.109. The van der Waals surface area contributed by atoms with E-state index in [0.717, 1.165) is 0 Å². The quantitative estimate of drug-likeness (QED) is 0.273. The van der Waals surface area contributed by atoms with Gasteiger partial charge < -0.3 is 44.5 Å². The molecule has 0 aromatic heterocycles. The Bertz CT molecular complexity index is 1670. The highest BCUT2D eigenvalue weighted by Crippen LogP contribution is 2.68. The summed E-state index contributed by atoms with van der Waals surface area (Å²) in [6, 6.07) is 16.9. The average molecular weight is 647 g/mol. The lowest BCUT2D eigenvalue weighted by molar-refractivity contribution is -0.167. The van der Waals surface area contributed by atoms with Crippen LogP contribution in [-0.4, -0.2) is 72.2 Å². The first-order valence-corrected chi connectivity index (χ1v) is 16.0. The highest BCUT2D eigenvalue weighted by atomic mass is 16.5. The van der Waals surface area contributed by atoms with E-state index in [1.807, 2.05) is 44.2 Å². The van der Waals surface area contributed by atoms with Crippen LogP contribution in [0.25, 0.3) is 0 Å². The van der Waals surface area contributed by atoms with Crippen LogP contribution in [0.5, 0.6) is 28.7 Å². The fourth-order valence-corrected chi connectivity index (χ4v) is 7.69. The number of phenols is 1. The molecule has 1 saturated heterocycles. The van der Waals surface area contributed by atoms with Gasteiger partial charge in [0.1, 0.15) is 35.1 Å². The van der Waals surface area contributed by atoms with Gasteiger partial charge in [-0.1, -0.05) is 50.2 Å². The van der Waals surface area contributed by atoms with Gasteiger partial charge in [0.25, 0.3) is 0 Å². The number of phenolic OH excluding ortho intramolecular Hbond substituents is 1. The van der Waals surface area contributed by atoms with Crippen LogP contribution in [0.15, 0.2) is 60.7 Å². The summed E-state index contributed by atoms with van der Waals surface area (Å²) in [6.45, 7) is 4.11. The molecule has 2 heterocycles. The van der Waals surface area contributed by atoms with Gasteiger partial charge in [-0.25, -0.2) is 0 Å². The molecular formula is C36H42N2O9. The summed E-state index contributed by atoms with van der Waals surface area (Å²) in [7, 11) is 4.34. The molecule has 4 N–H and O–H groups in total. The summed E-state index contributed by atoms with van der Waals surface area (Å²) in [5.74, 6) is -2.48. The number of hydrogen-bond donors (Lipinski definition) is 4. The fraction of sp³-hybridized carbons (Fsp3) is 0.444. The summed E-state index contributed by atoms with van der Waals surface area (Å²) in [5, 5.41) is 39.7. The Morgan fingerprint density at radius 3 is 2.40 bits per heavy atom. The molecule has 0 spiro atoms. The molecule has 2 fully saturated rings. The van der Waals surface area contributed by atoms with Gasteiger partial charge in [0.2, 0.25) is 11.8 Å². The van der Waals surface area contributed by atoms with Crippen LogP contribution in [0.4, 0.5) is 0 Å². The molecule has 6 rings (SSSR count). The smallest absolute Gasteiger partial charge is 0.231 e. The van der Waals surface area contributed by atoms with Crippen LogP contribution in [0, 0.1) is 11.8 Å². The Labute approximate surface area is 274 Å². The second-order valence-electron chi connectivity index (χ2n) is 12.6. The number of carbonyl (C=O) groups is 2. The SMILES string of the molecule is CCC(C)C(=O)NC1CCCN1C(=O)C1C(c2ccccc2)C2(c3ccc(OC)c(O)c3)Oc3cc(OC)cc(OC)c3C1(O)C2O. The zero-order valence-corrected chi connectivity index (χ0v) is 27.2. The highest BCUT2D eigenvalue weighted by molar-refractivity contribution is 5.86. The second-order valence-corrected chi connectivity index (χ2v) is 12.6. The van der Waals surface area contributed by atoms with E-state index >= 15 is 4.79 Å². The van der Waals surface area contributed by atoms with Crippen LogP contribution in [0.3, 0.4) is 0 Å². The number of aliphatic hydroxyl groups excluding tert-OH is 1. The highest BCUT2D eigenvalue weighted by Gasteiger charge is 2.76. The van der Waals surface area contributed by atoms with Gasteiger partial charge in [-0.05, 0) is 37.0 Å². The second kappa shape index (κ2) is 12.3. The Hall–Kier alpha value is -4.48. The van der Waals surface area contributed by atoms with Crippen LogP contribution >= 0.6 is 0 Å². The van der Waals surface area contributed by atoms with Crippen molar-refractivity contribution in [2.45, 2.75) is 62.5 Å². The molecule has 7 atom stereocenters. The normalized spacial score (nSPS) is 28.2. The fourth-order valence-electron chi connectivity index (χ4n) is 7.69. The van der Waals surface area contributed by atoms with Crippen LogP contribution in [0.2, 0.25) is 0 Å². The molecule has 250 valence electrons. The predicted molar refractivity (Wildman–Crippen MR) is 171 cm³/mol. The molecular weight excluding hydrogens is 604 g/mol. The zero-order chi connectivity index (χ0) is 33.7. The van der Waals surface area contributed by atoms with Crippen molar-refractivity contribution < 1.29 is 43.9 Å². The van der Waals surface area contributed by atoms with E-state index in [0.29, 0.717) is 42.7 Å². The number of rotatable bonds is 9. The maximum atomic E-state index is 15.1. The third kappa shape index (κ3) is 4.86. The summed E-state index contributed by atoms with van der Waals surface area (Å²) in [5.41, 5.74) is -3.00. The van der Waals surface area contributed by atoms with Crippen molar-refractivity contribution >= 4 is 11.8 Å². The van der Waals surface area contributed by atoms with E-state index in [2.05, 4.69) is 5.32 Å². The molecule has 11 nitrogen and oxygen atoms in total. The number of benzene rings is 3. The number of aromatic hydroxyl groups is 1. The molecule has 3 aromatic rings. The number of methoxy groups -OCH3 is 3. The molecule has 47 heavy (non-hydrogen) atoms. The number of amides is 2. The molecule has 0 radical (unpaired) electrons. The number of aliphatic hydroxyl groups is 2. The lowest BCUT2D eigenvalue weighted by atomic mass is 9.75. The molecule has 2 amide bonds. The van der Waals surface area contributed by atoms with Crippen molar-refractivity contribution in [1.29, 1.82) is 0 Å². The lowest BCUT2D eigenvalue weighted by Crippen LogP contribution is -2.56. The van der Waals surface area contributed by atoms with Crippen LogP contribution in [0.1, 0.15) is 55.7 Å². The van der Waals surface area contributed by atoms with Gasteiger partial charge in [0.15, 0.2) is 17.1 Å². The molecule has 3 aromatic carbocycles. The van der Waals surface area contributed by atoms with Crippen molar-refractivity contribution in [3.05, 3.63) is 77.4 Å². The molecule has 1 saturated carbocycles. The first-order valence-electron chi connectivity index (χ1n) is 16.0. The van der Waals surface area contributed by atoms with Crippen molar-refractivity contribution in [1.82, 2.24) is 10.2 Å². The monoisotopic (exact) mass is 646 g/mol.